The van der Waals surface area contributed by atoms with E-state index in [1.54, 1.807) is 0 Å². The van der Waals surface area contributed by atoms with Gasteiger partial charge in [-0.05, 0) is 60.6 Å². The first-order chi connectivity index (χ1) is 9.76. The third-order valence-corrected chi connectivity index (χ3v) is 5.45. The summed E-state index contributed by atoms with van der Waals surface area (Å²) < 4.78 is 0. The molecule has 4 atom stereocenters. The van der Waals surface area contributed by atoms with Gasteiger partial charge in [0.15, 0.2) is 0 Å². The third kappa shape index (κ3) is 1.90. The zero-order valence-corrected chi connectivity index (χ0v) is 11.5. The summed E-state index contributed by atoms with van der Waals surface area (Å²) in [6, 6.07) is 8.07. The molecule has 4 rings (SSSR count). The number of carbonyl (C=O) groups excluding carboxylic acids is 1. The average molecular weight is 271 g/mol. The fourth-order valence-electron chi connectivity index (χ4n) is 4.61. The molecule has 4 nitrogen and oxygen atoms in total. The van der Waals surface area contributed by atoms with Gasteiger partial charge in [-0.3, -0.25) is 0 Å². The van der Waals surface area contributed by atoms with E-state index in [1.807, 2.05) is 24.3 Å². The number of hydrogen-bond acceptors (Lipinski definition) is 2. The monoisotopic (exact) mass is 271 g/mol. The van der Waals surface area contributed by atoms with Crippen LogP contribution in [-0.2, 0) is 6.54 Å². The topological polar surface area (TPSA) is 67.1 Å². The largest absolute Gasteiger partial charge is 0.335 e. The molecule has 3 aliphatic carbocycles. The van der Waals surface area contributed by atoms with Crippen molar-refractivity contribution in [2.75, 3.05) is 5.32 Å². The van der Waals surface area contributed by atoms with Gasteiger partial charge >= 0.3 is 6.03 Å². The molecule has 0 saturated heterocycles. The number of benzene rings is 1. The number of nitrogens with one attached hydrogen (secondary N) is 2. The molecular formula is C16H21N3O. The molecule has 20 heavy (non-hydrogen) atoms. The van der Waals surface area contributed by atoms with Crippen molar-refractivity contribution in [3.8, 4) is 0 Å². The number of hydrogen-bond donors (Lipinski definition) is 3. The minimum Gasteiger partial charge on any atom is -0.335 e. The highest BCUT2D eigenvalue weighted by Crippen LogP contribution is 2.65. The summed E-state index contributed by atoms with van der Waals surface area (Å²) in [4.78, 5) is 12.1. The number of fused-ring (bicyclic) bond motifs is 5. The van der Waals surface area contributed by atoms with Crippen molar-refractivity contribution in [2.45, 2.75) is 31.8 Å². The van der Waals surface area contributed by atoms with Crippen molar-refractivity contribution in [2.24, 2.45) is 29.4 Å². The van der Waals surface area contributed by atoms with Gasteiger partial charge in [-0.2, -0.15) is 0 Å². The van der Waals surface area contributed by atoms with E-state index in [4.69, 9.17) is 5.73 Å². The highest BCUT2D eigenvalue weighted by molar-refractivity contribution is 5.89. The zero-order valence-electron chi connectivity index (χ0n) is 11.5. The van der Waals surface area contributed by atoms with Crippen LogP contribution in [0.3, 0.4) is 0 Å². The molecule has 106 valence electrons. The van der Waals surface area contributed by atoms with Crippen LogP contribution >= 0.6 is 0 Å². The van der Waals surface area contributed by atoms with E-state index < -0.39 is 0 Å². The molecule has 4 heteroatoms. The molecule has 3 aliphatic rings. The minimum atomic E-state index is -0.0713. The quantitative estimate of drug-likeness (QED) is 0.789. The second kappa shape index (κ2) is 4.48. The number of rotatable bonds is 3. The van der Waals surface area contributed by atoms with Crippen LogP contribution in [0.25, 0.3) is 0 Å². The predicted molar refractivity (Wildman–Crippen MR) is 78.1 cm³/mol. The molecule has 0 aromatic heterocycles. The zero-order chi connectivity index (χ0) is 13.7. The molecule has 3 fully saturated rings. The van der Waals surface area contributed by atoms with Crippen LogP contribution in [0, 0.1) is 23.7 Å². The Bertz CT molecular complexity index is 528. The summed E-state index contributed by atoms with van der Waals surface area (Å²) in [7, 11) is 0. The van der Waals surface area contributed by atoms with E-state index in [0.29, 0.717) is 12.6 Å². The van der Waals surface area contributed by atoms with E-state index >= 15 is 0 Å². The Hall–Kier alpha value is -1.55. The molecule has 0 radical (unpaired) electrons. The van der Waals surface area contributed by atoms with Crippen molar-refractivity contribution in [1.29, 1.82) is 0 Å². The van der Waals surface area contributed by atoms with Crippen molar-refractivity contribution in [1.82, 2.24) is 5.32 Å². The van der Waals surface area contributed by atoms with Crippen LogP contribution in [0.15, 0.2) is 24.3 Å². The molecule has 0 heterocycles. The van der Waals surface area contributed by atoms with Gasteiger partial charge in [-0.15, -0.1) is 0 Å². The molecule has 4 unspecified atom stereocenters. The van der Waals surface area contributed by atoms with Crippen molar-refractivity contribution in [3.63, 3.8) is 0 Å². The average Bonchev–Trinajstić information content (AvgIpc) is 2.85. The Morgan fingerprint density at radius 3 is 2.70 bits per heavy atom. The van der Waals surface area contributed by atoms with Crippen molar-refractivity contribution in [3.05, 3.63) is 29.8 Å². The molecule has 2 bridgehead atoms. The number of anilines is 1. The number of amides is 2. The molecule has 1 aromatic rings. The van der Waals surface area contributed by atoms with E-state index in [1.165, 1.54) is 19.3 Å². The van der Waals surface area contributed by atoms with Crippen LogP contribution in [0.1, 0.15) is 24.8 Å². The fraction of sp³-hybridized carbons (Fsp3) is 0.562. The van der Waals surface area contributed by atoms with Gasteiger partial charge in [0, 0.05) is 18.3 Å². The Labute approximate surface area is 119 Å². The summed E-state index contributed by atoms with van der Waals surface area (Å²) in [6.07, 6.45) is 4.17. The van der Waals surface area contributed by atoms with Crippen LogP contribution < -0.4 is 16.4 Å². The molecule has 3 saturated carbocycles. The number of urea groups is 1. The van der Waals surface area contributed by atoms with Gasteiger partial charge in [0.2, 0.25) is 0 Å². The summed E-state index contributed by atoms with van der Waals surface area (Å²) in [6.45, 7) is 0.493. The first-order valence-electron chi connectivity index (χ1n) is 7.63. The molecule has 0 aliphatic heterocycles. The summed E-state index contributed by atoms with van der Waals surface area (Å²) in [5, 5.41) is 6.08. The lowest BCUT2D eigenvalue weighted by Gasteiger charge is -2.12. The van der Waals surface area contributed by atoms with Crippen LogP contribution in [0.4, 0.5) is 10.5 Å². The van der Waals surface area contributed by atoms with Gasteiger partial charge in [0.25, 0.3) is 0 Å². The van der Waals surface area contributed by atoms with Gasteiger partial charge < -0.3 is 16.4 Å². The van der Waals surface area contributed by atoms with Crippen LogP contribution in [0.5, 0.6) is 0 Å². The third-order valence-electron chi connectivity index (χ3n) is 5.45. The maximum Gasteiger partial charge on any atom is 0.319 e. The van der Waals surface area contributed by atoms with Gasteiger partial charge in [-0.25, -0.2) is 4.79 Å². The standard InChI is InChI=1S/C16H21N3O/c17-8-9-2-1-3-12(6-9)18-16(20)19-15-13-10-4-5-11(7-10)14(13)15/h1-3,6,10-11,13-15H,4-5,7-8,17H2,(H2,18,19,20). The van der Waals surface area contributed by atoms with Gasteiger partial charge in [0.05, 0.1) is 0 Å². The predicted octanol–water partition coefficient (Wildman–Crippen LogP) is 2.31. The lowest BCUT2D eigenvalue weighted by Crippen LogP contribution is -2.33. The Morgan fingerprint density at radius 1 is 1.25 bits per heavy atom. The van der Waals surface area contributed by atoms with E-state index in [0.717, 1.165) is 34.9 Å². The van der Waals surface area contributed by atoms with Crippen molar-refractivity contribution < 1.29 is 4.79 Å². The summed E-state index contributed by atoms with van der Waals surface area (Å²) >= 11 is 0. The maximum absolute atomic E-state index is 12.1. The second-order valence-electron chi connectivity index (χ2n) is 6.52. The normalized spacial score (nSPS) is 36.5. The number of nitrogens with two attached hydrogens (primary N) is 1. The first-order valence-corrected chi connectivity index (χ1v) is 7.63. The highest BCUT2D eigenvalue weighted by atomic mass is 16.2. The van der Waals surface area contributed by atoms with E-state index in [-0.39, 0.29) is 6.03 Å². The molecular weight excluding hydrogens is 250 g/mol. The smallest absolute Gasteiger partial charge is 0.319 e. The minimum absolute atomic E-state index is 0.0713. The molecule has 2 amide bonds. The van der Waals surface area contributed by atoms with E-state index in [9.17, 15) is 4.79 Å². The number of carbonyl (C=O) groups is 1. The maximum atomic E-state index is 12.1. The molecule has 4 N–H and O–H groups in total. The Balaban J connectivity index is 1.35. The SMILES string of the molecule is NCc1cccc(NC(=O)NC2C3C4CCC(C4)C23)c1. The summed E-state index contributed by atoms with van der Waals surface area (Å²) in [5.41, 5.74) is 7.46. The molecule has 0 spiro atoms. The van der Waals surface area contributed by atoms with Crippen molar-refractivity contribution >= 4 is 11.7 Å². The first kappa shape index (κ1) is 12.2. The highest BCUT2D eigenvalue weighted by Gasteiger charge is 2.65. The fourth-order valence-corrected chi connectivity index (χ4v) is 4.61. The van der Waals surface area contributed by atoms with Crippen LogP contribution in [0.2, 0.25) is 0 Å². The van der Waals surface area contributed by atoms with Gasteiger partial charge in [-0.1, -0.05) is 12.1 Å². The van der Waals surface area contributed by atoms with Gasteiger partial charge in [0.1, 0.15) is 0 Å². The molecule has 1 aromatic carbocycles. The lowest BCUT2D eigenvalue weighted by molar-refractivity contribution is 0.249. The van der Waals surface area contributed by atoms with Crippen LogP contribution in [-0.4, -0.2) is 12.1 Å². The second-order valence-corrected chi connectivity index (χ2v) is 6.52. The lowest BCUT2D eigenvalue weighted by atomic mass is 10.0. The summed E-state index contributed by atoms with van der Waals surface area (Å²) in [5.74, 6) is 3.32. The Kier molecular flexibility index (Phi) is 2.74. The van der Waals surface area contributed by atoms with E-state index in [2.05, 4.69) is 10.6 Å². The Morgan fingerprint density at radius 2 is 2.00 bits per heavy atom.